The maximum atomic E-state index is 6.18. The quantitative estimate of drug-likeness (QED) is 0.584. The highest BCUT2D eigenvalue weighted by atomic mass is 16.5. The molecule has 7 nitrogen and oxygen atoms in total. The van der Waals surface area contributed by atoms with Crippen LogP contribution in [0.5, 0.6) is 0 Å². The van der Waals surface area contributed by atoms with Gasteiger partial charge in [0.2, 0.25) is 0 Å². The van der Waals surface area contributed by atoms with E-state index < -0.39 is 0 Å². The smallest absolute Gasteiger partial charge is 0.189 e. The first-order valence-corrected chi connectivity index (χ1v) is 11.6. The number of anilines is 1. The topological polar surface area (TPSA) is 107 Å². The third kappa shape index (κ3) is 4.41. The van der Waals surface area contributed by atoms with E-state index in [1.807, 2.05) is 37.3 Å². The minimum atomic E-state index is -0.0571. The second kappa shape index (κ2) is 8.83. The Kier molecular flexibility index (Phi) is 5.72. The van der Waals surface area contributed by atoms with Crippen LogP contribution in [0, 0.1) is 5.92 Å². The van der Waals surface area contributed by atoms with Crippen molar-refractivity contribution in [2.75, 3.05) is 12.3 Å². The molecule has 3 aromatic rings. The molecule has 170 valence electrons. The van der Waals surface area contributed by atoms with Gasteiger partial charge in [0.1, 0.15) is 5.69 Å². The lowest BCUT2D eigenvalue weighted by Gasteiger charge is -2.29. The summed E-state index contributed by atoms with van der Waals surface area (Å²) < 4.78 is 5.63. The van der Waals surface area contributed by atoms with Gasteiger partial charge >= 0.3 is 0 Å². The first-order chi connectivity index (χ1) is 16.0. The van der Waals surface area contributed by atoms with Crippen molar-refractivity contribution in [3.8, 4) is 22.7 Å². The Morgan fingerprint density at radius 1 is 1.18 bits per heavy atom. The molecule has 1 aliphatic carbocycles. The van der Waals surface area contributed by atoms with Gasteiger partial charge in [-0.2, -0.15) is 0 Å². The molecular formula is C26H30N6O. The summed E-state index contributed by atoms with van der Waals surface area (Å²) in [4.78, 5) is 11.6. The molecule has 7 heteroatoms. The summed E-state index contributed by atoms with van der Waals surface area (Å²) in [5, 5.41) is 4.24. The molecule has 2 aliphatic rings. The Balaban J connectivity index is 1.44. The van der Waals surface area contributed by atoms with E-state index in [0.29, 0.717) is 29.0 Å². The van der Waals surface area contributed by atoms with Gasteiger partial charge in [0, 0.05) is 42.0 Å². The second-order valence-corrected chi connectivity index (χ2v) is 9.24. The molecule has 3 atom stereocenters. The summed E-state index contributed by atoms with van der Waals surface area (Å²) in [6, 6.07) is 10.4. The molecule has 5 rings (SSSR count). The van der Waals surface area contributed by atoms with Crippen LogP contribution in [0.25, 0.3) is 28.3 Å². The highest BCUT2D eigenvalue weighted by molar-refractivity contribution is 5.76. The molecule has 1 aliphatic heterocycles. The van der Waals surface area contributed by atoms with Crippen molar-refractivity contribution in [2.24, 2.45) is 11.7 Å². The average Bonchev–Trinajstić information content (AvgIpc) is 3.49. The molecule has 1 saturated carbocycles. The van der Waals surface area contributed by atoms with Crippen LogP contribution in [-0.4, -0.2) is 32.6 Å². The van der Waals surface area contributed by atoms with Crippen molar-refractivity contribution < 1.29 is 4.52 Å². The summed E-state index contributed by atoms with van der Waals surface area (Å²) in [6.07, 6.45) is 12.0. The molecule has 4 N–H and O–H groups in total. The van der Waals surface area contributed by atoms with Crippen molar-refractivity contribution in [3.63, 3.8) is 0 Å². The van der Waals surface area contributed by atoms with Crippen molar-refractivity contribution in [1.29, 1.82) is 0 Å². The molecule has 0 radical (unpaired) electrons. The lowest BCUT2D eigenvalue weighted by atomic mass is 10.0. The summed E-state index contributed by atoms with van der Waals surface area (Å²) in [5.74, 6) is 1.59. The molecular weight excluding hydrogens is 412 g/mol. The van der Waals surface area contributed by atoms with Crippen molar-refractivity contribution in [3.05, 3.63) is 66.1 Å². The summed E-state index contributed by atoms with van der Waals surface area (Å²) in [6.45, 7) is 5.22. The van der Waals surface area contributed by atoms with Crippen LogP contribution >= 0.6 is 0 Å². The zero-order chi connectivity index (χ0) is 22.9. The summed E-state index contributed by atoms with van der Waals surface area (Å²) >= 11 is 0. The molecule has 0 amide bonds. The van der Waals surface area contributed by atoms with E-state index in [4.69, 9.17) is 21.0 Å². The van der Waals surface area contributed by atoms with Gasteiger partial charge < -0.3 is 20.9 Å². The number of nitrogens with two attached hydrogens (primary N) is 2. The van der Waals surface area contributed by atoms with Crippen LogP contribution in [0.4, 0.5) is 5.82 Å². The first kappa shape index (κ1) is 21.4. The minimum Gasteiger partial charge on any atom is -0.382 e. The fourth-order valence-electron chi connectivity index (χ4n) is 4.68. The maximum absolute atomic E-state index is 6.18. The Bertz CT molecular complexity index is 1210. The Morgan fingerprint density at radius 3 is 2.85 bits per heavy atom. The number of allylic oxidation sites excluding steroid dienone is 2. The molecule has 3 heterocycles. The van der Waals surface area contributed by atoms with E-state index in [1.54, 1.807) is 6.20 Å². The van der Waals surface area contributed by atoms with Crippen molar-refractivity contribution in [2.45, 2.75) is 45.2 Å². The summed E-state index contributed by atoms with van der Waals surface area (Å²) in [7, 11) is 0. The number of benzene rings is 1. The fraction of sp³-hybridized carbons (Fsp3) is 0.346. The Hall–Kier alpha value is -3.45. The molecule has 3 unspecified atom stereocenters. The van der Waals surface area contributed by atoms with Gasteiger partial charge in [-0.25, -0.2) is 9.97 Å². The van der Waals surface area contributed by atoms with Gasteiger partial charge in [-0.05, 0) is 43.7 Å². The standard InChI is InChI=1S/C26H30N6O/c1-16-8-9-21(11-16)32-10-4-7-20(15-32)23-14-29-26(28)25(30-23)24-13-22(31-33-24)19-6-3-5-18(12-19)17(2)27/h3-7,12-17,21H,8-11,27H2,1-2H3,(H2,28,29). The normalized spacial score (nSPS) is 21.3. The molecule has 1 fully saturated rings. The van der Waals surface area contributed by atoms with E-state index in [0.717, 1.165) is 34.9 Å². The summed E-state index contributed by atoms with van der Waals surface area (Å²) in [5.41, 5.74) is 17.2. The van der Waals surface area contributed by atoms with E-state index in [-0.39, 0.29) is 6.04 Å². The maximum Gasteiger partial charge on any atom is 0.189 e. The SMILES string of the molecule is CC1CCC(N2C=C(c3cnc(N)c(-c4cc(-c5cccc(C(C)N)c5)no4)n3)C=CC2)C1. The number of hydrogen-bond acceptors (Lipinski definition) is 7. The van der Waals surface area contributed by atoms with E-state index in [1.165, 1.54) is 19.3 Å². The van der Waals surface area contributed by atoms with Crippen LogP contribution in [0.3, 0.4) is 0 Å². The monoisotopic (exact) mass is 442 g/mol. The van der Waals surface area contributed by atoms with E-state index >= 15 is 0 Å². The van der Waals surface area contributed by atoms with E-state index in [2.05, 4.69) is 40.3 Å². The van der Waals surface area contributed by atoms with Crippen LogP contribution in [0.2, 0.25) is 0 Å². The van der Waals surface area contributed by atoms with Crippen molar-refractivity contribution in [1.82, 2.24) is 20.0 Å². The number of rotatable bonds is 5. The molecule has 33 heavy (non-hydrogen) atoms. The van der Waals surface area contributed by atoms with Gasteiger partial charge in [-0.1, -0.05) is 42.4 Å². The molecule has 0 spiro atoms. The molecule has 0 saturated heterocycles. The Morgan fingerprint density at radius 2 is 2.06 bits per heavy atom. The second-order valence-electron chi connectivity index (χ2n) is 9.24. The van der Waals surface area contributed by atoms with Crippen molar-refractivity contribution >= 4 is 11.4 Å². The molecule has 1 aromatic carbocycles. The van der Waals surface area contributed by atoms with Crippen LogP contribution in [0.1, 0.15) is 50.4 Å². The van der Waals surface area contributed by atoms with Gasteiger partial charge in [0.25, 0.3) is 0 Å². The van der Waals surface area contributed by atoms with Gasteiger partial charge in [0.05, 0.1) is 11.9 Å². The fourth-order valence-corrected chi connectivity index (χ4v) is 4.68. The minimum absolute atomic E-state index is 0.0571. The Labute approximate surface area is 194 Å². The predicted molar refractivity (Wildman–Crippen MR) is 131 cm³/mol. The van der Waals surface area contributed by atoms with Gasteiger partial charge in [-0.3, -0.25) is 0 Å². The van der Waals surface area contributed by atoms with Crippen LogP contribution in [-0.2, 0) is 0 Å². The van der Waals surface area contributed by atoms with Crippen LogP contribution in [0.15, 0.2) is 59.4 Å². The number of nitrogens with zero attached hydrogens (tertiary/aromatic N) is 4. The lowest BCUT2D eigenvalue weighted by molar-refractivity contribution is 0.299. The third-order valence-electron chi connectivity index (χ3n) is 6.60. The van der Waals surface area contributed by atoms with Gasteiger partial charge in [0.15, 0.2) is 17.3 Å². The largest absolute Gasteiger partial charge is 0.382 e. The van der Waals surface area contributed by atoms with Gasteiger partial charge in [-0.15, -0.1) is 0 Å². The highest BCUT2D eigenvalue weighted by Gasteiger charge is 2.26. The predicted octanol–water partition coefficient (Wildman–Crippen LogP) is 4.80. The third-order valence-corrected chi connectivity index (χ3v) is 6.60. The number of aromatic nitrogens is 3. The zero-order valence-electron chi connectivity index (χ0n) is 19.1. The number of nitrogen functional groups attached to an aromatic ring is 1. The lowest BCUT2D eigenvalue weighted by Crippen LogP contribution is -2.30. The van der Waals surface area contributed by atoms with E-state index in [9.17, 15) is 0 Å². The van der Waals surface area contributed by atoms with Crippen LogP contribution < -0.4 is 11.5 Å². The highest BCUT2D eigenvalue weighted by Crippen LogP contribution is 2.33. The molecule has 0 bridgehead atoms. The first-order valence-electron chi connectivity index (χ1n) is 11.6. The zero-order valence-corrected chi connectivity index (χ0v) is 19.1. The number of hydrogen-bond donors (Lipinski definition) is 2. The average molecular weight is 443 g/mol. The molecule has 2 aromatic heterocycles.